The third-order valence-electron chi connectivity index (χ3n) is 2.43. The maximum absolute atomic E-state index is 13.0. The molecule has 0 unspecified atom stereocenters. The number of halogens is 1. The third-order valence-corrected chi connectivity index (χ3v) is 2.43. The predicted molar refractivity (Wildman–Crippen MR) is 58.2 cm³/mol. The zero-order valence-electron chi connectivity index (χ0n) is 8.20. The van der Waals surface area contributed by atoms with E-state index in [-0.39, 0.29) is 5.82 Å². The van der Waals surface area contributed by atoms with Crippen molar-refractivity contribution >= 4 is 16.6 Å². The maximum Gasteiger partial charge on any atom is 0.205 e. The van der Waals surface area contributed by atoms with Crippen molar-refractivity contribution in [2.75, 3.05) is 5.73 Å². The van der Waals surface area contributed by atoms with Crippen LogP contribution in [0.1, 0.15) is 0 Å². The van der Waals surface area contributed by atoms with E-state index >= 15 is 0 Å². The van der Waals surface area contributed by atoms with E-state index in [2.05, 4.69) is 10.1 Å². The molecule has 0 saturated heterocycles. The van der Waals surface area contributed by atoms with E-state index < -0.39 is 0 Å². The number of nitrogens with zero attached hydrogens (tertiary/aromatic N) is 1. The van der Waals surface area contributed by atoms with Gasteiger partial charge in [-0.2, -0.15) is 0 Å². The molecule has 0 bridgehead atoms. The molecule has 0 spiro atoms. The van der Waals surface area contributed by atoms with Crippen molar-refractivity contribution < 1.29 is 8.91 Å². The number of aromatic amines is 1. The van der Waals surface area contributed by atoms with E-state index in [1.807, 2.05) is 0 Å². The van der Waals surface area contributed by atoms with Crippen LogP contribution in [0.5, 0.6) is 0 Å². The van der Waals surface area contributed by atoms with Crippen molar-refractivity contribution in [1.82, 2.24) is 10.1 Å². The Bertz CT molecular complexity index is 656. The summed E-state index contributed by atoms with van der Waals surface area (Å²) in [5.74, 6) is 0.195. The van der Waals surface area contributed by atoms with Gasteiger partial charge < -0.3 is 15.2 Å². The Hall–Kier alpha value is -2.30. The zero-order chi connectivity index (χ0) is 11.1. The molecule has 0 saturated carbocycles. The molecule has 80 valence electrons. The fourth-order valence-corrected chi connectivity index (χ4v) is 1.68. The Kier molecular flexibility index (Phi) is 1.73. The molecule has 3 rings (SSSR count). The van der Waals surface area contributed by atoms with E-state index in [4.69, 9.17) is 10.3 Å². The number of H-pyrrole nitrogens is 1. The highest BCUT2D eigenvalue weighted by Gasteiger charge is 2.11. The molecular formula is C11H8FN3O. The molecule has 1 aromatic carbocycles. The lowest BCUT2D eigenvalue weighted by atomic mass is 10.2. The molecule has 0 amide bonds. The molecule has 2 aromatic heterocycles. The summed E-state index contributed by atoms with van der Waals surface area (Å²) < 4.78 is 18.0. The van der Waals surface area contributed by atoms with Crippen molar-refractivity contribution in [2.45, 2.75) is 0 Å². The zero-order valence-corrected chi connectivity index (χ0v) is 8.20. The highest BCUT2D eigenvalue weighted by atomic mass is 19.1. The molecule has 0 radical (unpaired) electrons. The van der Waals surface area contributed by atoms with E-state index in [0.29, 0.717) is 17.1 Å². The van der Waals surface area contributed by atoms with Gasteiger partial charge in [-0.1, -0.05) is 5.16 Å². The van der Waals surface area contributed by atoms with Crippen molar-refractivity contribution in [3.8, 4) is 11.5 Å². The number of fused-ring (bicyclic) bond motifs is 1. The van der Waals surface area contributed by atoms with Crippen LogP contribution in [0.15, 0.2) is 35.0 Å². The SMILES string of the molecule is Nc1cnoc1-c1cc2cc(F)ccc2[nH]1. The minimum atomic E-state index is -0.274. The second-order valence-electron chi connectivity index (χ2n) is 3.52. The van der Waals surface area contributed by atoms with Gasteiger partial charge in [0.15, 0.2) is 0 Å². The number of aromatic nitrogens is 2. The number of hydrogen-bond acceptors (Lipinski definition) is 3. The van der Waals surface area contributed by atoms with Gasteiger partial charge in [0.1, 0.15) is 11.5 Å². The fourth-order valence-electron chi connectivity index (χ4n) is 1.68. The molecule has 0 aliphatic rings. The second-order valence-corrected chi connectivity index (χ2v) is 3.52. The minimum Gasteiger partial charge on any atom is -0.394 e. The monoisotopic (exact) mass is 217 g/mol. The van der Waals surface area contributed by atoms with Gasteiger partial charge in [-0.25, -0.2) is 4.39 Å². The Morgan fingerprint density at radius 2 is 2.19 bits per heavy atom. The predicted octanol–water partition coefficient (Wildman–Crippen LogP) is 2.54. The average molecular weight is 217 g/mol. The lowest BCUT2D eigenvalue weighted by Crippen LogP contribution is -1.83. The molecule has 0 aliphatic carbocycles. The summed E-state index contributed by atoms with van der Waals surface area (Å²) in [7, 11) is 0. The number of rotatable bonds is 1. The number of nitrogens with one attached hydrogen (secondary N) is 1. The Balaban J connectivity index is 2.23. The van der Waals surface area contributed by atoms with Crippen LogP contribution in [0.4, 0.5) is 10.1 Å². The number of nitrogen functional groups attached to an aromatic ring is 1. The third kappa shape index (κ3) is 1.25. The van der Waals surface area contributed by atoms with Crippen molar-refractivity contribution in [2.24, 2.45) is 0 Å². The second kappa shape index (κ2) is 3.10. The average Bonchev–Trinajstić information content (AvgIpc) is 2.82. The lowest BCUT2D eigenvalue weighted by Gasteiger charge is -1.90. The Morgan fingerprint density at radius 3 is 2.94 bits per heavy atom. The van der Waals surface area contributed by atoms with Crippen LogP contribution in [0.2, 0.25) is 0 Å². The van der Waals surface area contributed by atoms with Crippen molar-refractivity contribution in [3.05, 3.63) is 36.3 Å². The van der Waals surface area contributed by atoms with E-state index in [1.54, 1.807) is 12.1 Å². The number of benzene rings is 1. The summed E-state index contributed by atoms with van der Waals surface area (Å²) in [5.41, 5.74) is 7.64. The molecule has 3 aromatic rings. The minimum absolute atomic E-state index is 0.274. The van der Waals surface area contributed by atoms with Gasteiger partial charge in [-0.05, 0) is 24.3 Å². The Labute approximate surface area is 89.9 Å². The van der Waals surface area contributed by atoms with Gasteiger partial charge in [-0.3, -0.25) is 0 Å². The fraction of sp³-hybridized carbons (Fsp3) is 0. The molecule has 16 heavy (non-hydrogen) atoms. The standard InChI is InChI=1S/C11H8FN3O/c12-7-1-2-9-6(3-7)4-10(15-9)11-8(13)5-14-16-11/h1-5,15H,13H2. The van der Waals surface area contributed by atoms with Gasteiger partial charge in [0.05, 0.1) is 11.9 Å². The van der Waals surface area contributed by atoms with Gasteiger partial charge in [0.25, 0.3) is 0 Å². The van der Waals surface area contributed by atoms with Crippen LogP contribution in [0.25, 0.3) is 22.4 Å². The highest BCUT2D eigenvalue weighted by molar-refractivity contribution is 5.86. The van der Waals surface area contributed by atoms with Crippen LogP contribution in [0, 0.1) is 5.82 Å². The van der Waals surface area contributed by atoms with Gasteiger partial charge in [0.2, 0.25) is 5.76 Å². The van der Waals surface area contributed by atoms with E-state index in [0.717, 1.165) is 10.9 Å². The first kappa shape index (κ1) is 8.96. The normalized spacial score (nSPS) is 11.1. The summed E-state index contributed by atoms with van der Waals surface area (Å²) in [6, 6.07) is 6.28. The molecule has 2 heterocycles. The lowest BCUT2D eigenvalue weighted by molar-refractivity contribution is 0.431. The van der Waals surface area contributed by atoms with Crippen molar-refractivity contribution in [1.29, 1.82) is 0 Å². The maximum atomic E-state index is 13.0. The smallest absolute Gasteiger partial charge is 0.205 e. The summed E-state index contributed by atoms with van der Waals surface area (Å²) in [6.45, 7) is 0. The van der Waals surface area contributed by atoms with Crippen LogP contribution in [-0.2, 0) is 0 Å². The first-order chi connectivity index (χ1) is 7.74. The number of nitrogens with two attached hydrogens (primary N) is 1. The topological polar surface area (TPSA) is 67.8 Å². The molecule has 4 nitrogen and oxygen atoms in total. The highest BCUT2D eigenvalue weighted by Crippen LogP contribution is 2.28. The molecule has 0 aliphatic heterocycles. The summed E-state index contributed by atoms with van der Waals surface area (Å²) >= 11 is 0. The Morgan fingerprint density at radius 1 is 1.31 bits per heavy atom. The van der Waals surface area contributed by atoms with E-state index in [9.17, 15) is 4.39 Å². The molecular weight excluding hydrogens is 209 g/mol. The largest absolute Gasteiger partial charge is 0.394 e. The van der Waals surface area contributed by atoms with Gasteiger partial charge in [-0.15, -0.1) is 0 Å². The summed E-state index contributed by atoms with van der Waals surface area (Å²) in [6.07, 6.45) is 1.43. The van der Waals surface area contributed by atoms with Crippen molar-refractivity contribution in [3.63, 3.8) is 0 Å². The molecule has 3 N–H and O–H groups in total. The van der Waals surface area contributed by atoms with Crippen LogP contribution < -0.4 is 5.73 Å². The molecule has 0 atom stereocenters. The van der Waals surface area contributed by atoms with Gasteiger partial charge in [0, 0.05) is 10.9 Å². The first-order valence-corrected chi connectivity index (χ1v) is 4.73. The molecule has 0 fully saturated rings. The number of hydrogen-bond donors (Lipinski definition) is 2. The summed E-state index contributed by atoms with van der Waals surface area (Å²) in [4.78, 5) is 3.09. The van der Waals surface area contributed by atoms with Crippen LogP contribution in [0.3, 0.4) is 0 Å². The van der Waals surface area contributed by atoms with Crippen LogP contribution in [-0.4, -0.2) is 10.1 Å². The van der Waals surface area contributed by atoms with Gasteiger partial charge >= 0.3 is 0 Å². The summed E-state index contributed by atoms with van der Waals surface area (Å²) in [5, 5.41) is 4.36. The molecule has 5 heteroatoms. The first-order valence-electron chi connectivity index (χ1n) is 4.73. The quantitative estimate of drug-likeness (QED) is 0.658. The van der Waals surface area contributed by atoms with Crippen LogP contribution >= 0.6 is 0 Å². The number of anilines is 1. The van der Waals surface area contributed by atoms with E-state index in [1.165, 1.54) is 18.3 Å².